The number of amides is 1. The highest BCUT2D eigenvalue weighted by atomic mass is 16.2. The van der Waals surface area contributed by atoms with Crippen LogP contribution in [0.15, 0.2) is 42.5 Å². The topological polar surface area (TPSA) is 66.5 Å². The molecule has 0 saturated heterocycles. The highest BCUT2D eigenvalue weighted by Gasteiger charge is 2.29. The second-order valence-corrected chi connectivity index (χ2v) is 6.38. The van der Waals surface area contributed by atoms with Crippen LogP contribution in [0.2, 0.25) is 0 Å². The maximum Gasteiger partial charge on any atom is 0.251 e. The van der Waals surface area contributed by atoms with E-state index in [2.05, 4.69) is 5.32 Å². The summed E-state index contributed by atoms with van der Waals surface area (Å²) in [6.07, 6.45) is 0.842. The molecular weight excluding hydrogens is 316 g/mol. The van der Waals surface area contributed by atoms with Crippen molar-refractivity contribution in [3.8, 4) is 0 Å². The second kappa shape index (κ2) is 6.99. The first-order chi connectivity index (χ1) is 12.0. The molecule has 1 aliphatic rings. The van der Waals surface area contributed by atoms with Crippen molar-refractivity contribution < 1.29 is 14.4 Å². The van der Waals surface area contributed by atoms with Crippen molar-refractivity contribution in [2.45, 2.75) is 6.42 Å². The van der Waals surface area contributed by atoms with Gasteiger partial charge in [0.1, 0.15) is 0 Å². The Labute approximate surface area is 146 Å². The van der Waals surface area contributed by atoms with E-state index in [1.54, 1.807) is 36.4 Å². The van der Waals surface area contributed by atoms with E-state index in [1.165, 1.54) is 6.07 Å². The fourth-order valence-electron chi connectivity index (χ4n) is 2.94. The Hall–Kier alpha value is -2.79. The number of hydrogen-bond acceptors (Lipinski definition) is 4. The first kappa shape index (κ1) is 17.0. The predicted molar refractivity (Wildman–Crippen MR) is 95.3 cm³/mol. The molecule has 0 heterocycles. The Morgan fingerprint density at radius 2 is 1.52 bits per heavy atom. The first-order valence-electron chi connectivity index (χ1n) is 8.24. The lowest BCUT2D eigenvalue weighted by Crippen LogP contribution is -2.28. The number of nitrogens with one attached hydrogen (secondary N) is 1. The second-order valence-electron chi connectivity index (χ2n) is 6.38. The van der Waals surface area contributed by atoms with Gasteiger partial charge in [0.2, 0.25) is 0 Å². The maximum absolute atomic E-state index is 12.7. The third kappa shape index (κ3) is 3.37. The number of carbonyl (C=O) groups is 3. The van der Waals surface area contributed by atoms with Gasteiger partial charge in [-0.25, -0.2) is 0 Å². The summed E-state index contributed by atoms with van der Waals surface area (Å²) in [6.45, 7) is 1.44. The van der Waals surface area contributed by atoms with Crippen molar-refractivity contribution in [2.24, 2.45) is 0 Å². The van der Waals surface area contributed by atoms with E-state index in [0.29, 0.717) is 34.4 Å². The van der Waals surface area contributed by atoms with Gasteiger partial charge < -0.3 is 10.2 Å². The van der Waals surface area contributed by atoms with Crippen LogP contribution in [0.1, 0.15) is 48.6 Å². The smallest absolute Gasteiger partial charge is 0.251 e. The van der Waals surface area contributed by atoms with Crippen LogP contribution in [-0.4, -0.2) is 49.6 Å². The fourth-order valence-corrected chi connectivity index (χ4v) is 2.94. The molecule has 5 nitrogen and oxygen atoms in total. The molecule has 0 atom stereocenters. The molecule has 0 aliphatic heterocycles. The van der Waals surface area contributed by atoms with E-state index in [9.17, 15) is 14.4 Å². The molecule has 128 valence electrons. The molecule has 0 fully saturated rings. The van der Waals surface area contributed by atoms with Crippen molar-refractivity contribution >= 4 is 17.5 Å². The summed E-state index contributed by atoms with van der Waals surface area (Å²) in [5.74, 6) is -0.628. The summed E-state index contributed by atoms with van der Waals surface area (Å²) < 4.78 is 0. The molecule has 3 rings (SSSR count). The Kier molecular flexibility index (Phi) is 4.76. The van der Waals surface area contributed by atoms with Crippen LogP contribution >= 0.6 is 0 Å². The lowest BCUT2D eigenvalue weighted by atomic mass is 9.83. The van der Waals surface area contributed by atoms with Crippen molar-refractivity contribution in [3.05, 3.63) is 70.3 Å². The minimum atomic E-state index is -0.235. The van der Waals surface area contributed by atoms with Gasteiger partial charge in [-0.3, -0.25) is 14.4 Å². The Bertz CT molecular complexity index is 856. The standard InChI is InChI=1S/C20H20N2O3/c1-22(2)11-5-10-21-20(25)13-8-9-16-17(12-13)19(24)15-7-4-3-6-14(15)18(16)23/h3-4,6-9,12H,5,10-11H2,1-2H3,(H,21,25). The summed E-state index contributed by atoms with van der Waals surface area (Å²) in [5, 5.41) is 2.84. The van der Waals surface area contributed by atoms with Gasteiger partial charge in [0, 0.05) is 34.4 Å². The highest BCUT2D eigenvalue weighted by Crippen LogP contribution is 2.27. The van der Waals surface area contributed by atoms with Crippen LogP contribution < -0.4 is 5.32 Å². The van der Waals surface area contributed by atoms with Gasteiger partial charge in [0.05, 0.1) is 0 Å². The molecule has 1 amide bonds. The van der Waals surface area contributed by atoms with E-state index in [0.717, 1.165) is 13.0 Å². The van der Waals surface area contributed by atoms with Crippen LogP contribution in [0.3, 0.4) is 0 Å². The van der Waals surface area contributed by atoms with Crippen LogP contribution in [0.4, 0.5) is 0 Å². The van der Waals surface area contributed by atoms with E-state index in [-0.39, 0.29) is 17.5 Å². The van der Waals surface area contributed by atoms with Gasteiger partial charge in [-0.15, -0.1) is 0 Å². The lowest BCUT2D eigenvalue weighted by Gasteiger charge is -2.18. The first-order valence-corrected chi connectivity index (χ1v) is 8.24. The average molecular weight is 336 g/mol. The molecule has 2 aromatic carbocycles. The van der Waals surface area contributed by atoms with Gasteiger partial charge in [0.25, 0.3) is 5.91 Å². The lowest BCUT2D eigenvalue weighted by molar-refractivity contribution is 0.0949. The third-order valence-corrected chi connectivity index (χ3v) is 4.25. The fraction of sp³-hybridized carbons (Fsp3) is 0.250. The van der Waals surface area contributed by atoms with E-state index >= 15 is 0 Å². The number of ketones is 2. The van der Waals surface area contributed by atoms with Gasteiger partial charge >= 0.3 is 0 Å². The molecule has 1 aliphatic carbocycles. The van der Waals surface area contributed by atoms with Gasteiger partial charge in [-0.2, -0.15) is 0 Å². The number of fused-ring (bicyclic) bond motifs is 2. The number of nitrogens with zero attached hydrogens (tertiary/aromatic N) is 1. The molecule has 1 N–H and O–H groups in total. The minimum Gasteiger partial charge on any atom is -0.352 e. The van der Waals surface area contributed by atoms with Gasteiger partial charge in [0.15, 0.2) is 11.6 Å². The van der Waals surface area contributed by atoms with Crippen molar-refractivity contribution in [2.75, 3.05) is 27.2 Å². The zero-order valence-electron chi connectivity index (χ0n) is 14.3. The van der Waals surface area contributed by atoms with E-state index in [4.69, 9.17) is 0 Å². The number of hydrogen-bond donors (Lipinski definition) is 1. The zero-order valence-corrected chi connectivity index (χ0v) is 14.3. The third-order valence-electron chi connectivity index (χ3n) is 4.25. The highest BCUT2D eigenvalue weighted by molar-refractivity contribution is 6.28. The van der Waals surface area contributed by atoms with E-state index in [1.807, 2.05) is 19.0 Å². The van der Waals surface area contributed by atoms with E-state index < -0.39 is 0 Å². The normalized spacial score (nSPS) is 12.8. The van der Waals surface area contributed by atoms with Crippen LogP contribution in [0.25, 0.3) is 0 Å². The zero-order chi connectivity index (χ0) is 18.0. The molecule has 0 bridgehead atoms. The molecule has 0 radical (unpaired) electrons. The van der Waals surface area contributed by atoms with Crippen LogP contribution in [-0.2, 0) is 0 Å². The van der Waals surface area contributed by atoms with Crippen LogP contribution in [0.5, 0.6) is 0 Å². The monoisotopic (exact) mass is 336 g/mol. The molecule has 2 aromatic rings. The summed E-state index contributed by atoms with van der Waals surface area (Å²) in [4.78, 5) is 39.6. The summed E-state index contributed by atoms with van der Waals surface area (Å²) in [5.41, 5.74) is 1.85. The molecular formula is C20H20N2O3. The predicted octanol–water partition coefficient (Wildman–Crippen LogP) is 2.14. The molecule has 0 spiro atoms. The Morgan fingerprint density at radius 3 is 2.16 bits per heavy atom. The number of carbonyl (C=O) groups excluding carboxylic acids is 3. The largest absolute Gasteiger partial charge is 0.352 e. The maximum atomic E-state index is 12.7. The van der Waals surface area contributed by atoms with Crippen molar-refractivity contribution in [1.29, 1.82) is 0 Å². The number of benzene rings is 2. The Morgan fingerprint density at radius 1 is 0.920 bits per heavy atom. The number of rotatable bonds is 5. The SMILES string of the molecule is CN(C)CCCNC(=O)c1ccc2c(c1)C(=O)c1ccccc1C2=O. The van der Waals surface area contributed by atoms with Crippen LogP contribution in [0, 0.1) is 0 Å². The molecule has 0 aromatic heterocycles. The molecule has 5 heteroatoms. The van der Waals surface area contributed by atoms with Crippen molar-refractivity contribution in [3.63, 3.8) is 0 Å². The van der Waals surface area contributed by atoms with Gasteiger partial charge in [-0.05, 0) is 45.3 Å². The molecule has 0 saturated carbocycles. The summed E-state index contributed by atoms with van der Waals surface area (Å²) >= 11 is 0. The minimum absolute atomic E-state index is 0.178. The average Bonchev–Trinajstić information content (AvgIpc) is 2.62. The molecule has 25 heavy (non-hydrogen) atoms. The van der Waals surface area contributed by atoms with Gasteiger partial charge in [-0.1, -0.05) is 24.3 Å². The molecule has 0 unspecified atom stereocenters. The summed E-state index contributed by atoms with van der Waals surface area (Å²) in [6, 6.07) is 11.5. The Balaban J connectivity index is 1.81. The summed E-state index contributed by atoms with van der Waals surface area (Å²) in [7, 11) is 3.96. The van der Waals surface area contributed by atoms with Crippen molar-refractivity contribution in [1.82, 2.24) is 10.2 Å². The quantitative estimate of drug-likeness (QED) is 0.725.